The van der Waals surface area contributed by atoms with E-state index in [2.05, 4.69) is 15.3 Å². The topological polar surface area (TPSA) is 153 Å². The molecule has 0 saturated heterocycles. The Bertz CT molecular complexity index is 1820. The van der Waals surface area contributed by atoms with Gasteiger partial charge in [0.25, 0.3) is 5.56 Å². The van der Waals surface area contributed by atoms with Gasteiger partial charge in [-0.15, -0.1) is 0 Å². The van der Waals surface area contributed by atoms with Crippen molar-refractivity contribution in [1.82, 2.24) is 14.5 Å². The standard InChI is InChI=1S/C30H27N7O2/c1-17-7-3-4-12-23(17)37-22(14-19-9-5-8-18(2)24(19)30(37)39)15-34-29-25(27(32)35-16-36-29)26(31)20-10-6-11-21(13-20)28(33)38/h3-14,16,31H,15H2,1-2H3,(H2,33,38)(H3,32,34,35,36). The number of carbonyl (C=O) groups is 1. The number of nitrogen functional groups attached to an aromatic ring is 1. The van der Waals surface area contributed by atoms with Crippen LogP contribution in [0.4, 0.5) is 11.6 Å². The molecule has 0 bridgehead atoms. The number of rotatable bonds is 7. The van der Waals surface area contributed by atoms with Gasteiger partial charge in [-0.1, -0.05) is 48.5 Å². The highest BCUT2D eigenvalue weighted by Gasteiger charge is 2.19. The molecule has 194 valence electrons. The summed E-state index contributed by atoms with van der Waals surface area (Å²) in [6.45, 7) is 4.11. The average Bonchev–Trinajstić information content (AvgIpc) is 2.92. The summed E-state index contributed by atoms with van der Waals surface area (Å²) >= 11 is 0. The van der Waals surface area contributed by atoms with Crippen molar-refractivity contribution in [2.75, 3.05) is 11.1 Å². The van der Waals surface area contributed by atoms with Crippen LogP contribution >= 0.6 is 0 Å². The summed E-state index contributed by atoms with van der Waals surface area (Å²) in [7, 11) is 0. The number of primary amides is 1. The molecule has 0 fully saturated rings. The van der Waals surface area contributed by atoms with Gasteiger partial charge in [-0.2, -0.15) is 0 Å². The predicted molar refractivity (Wildman–Crippen MR) is 154 cm³/mol. The zero-order valence-electron chi connectivity index (χ0n) is 21.5. The van der Waals surface area contributed by atoms with Gasteiger partial charge in [0.2, 0.25) is 5.91 Å². The number of nitrogens with two attached hydrogens (primary N) is 2. The molecule has 0 aliphatic rings. The SMILES string of the molecule is Cc1ccccc1-n1c(CNc2ncnc(N)c2C(=N)c2cccc(C(N)=O)c2)cc2cccc(C)c2c1=O. The van der Waals surface area contributed by atoms with Crippen molar-refractivity contribution < 1.29 is 4.79 Å². The van der Waals surface area contributed by atoms with E-state index < -0.39 is 5.91 Å². The number of hydrogen-bond acceptors (Lipinski definition) is 7. The minimum Gasteiger partial charge on any atom is -0.383 e. The zero-order chi connectivity index (χ0) is 27.7. The van der Waals surface area contributed by atoms with E-state index in [0.29, 0.717) is 22.5 Å². The molecule has 9 nitrogen and oxygen atoms in total. The molecule has 6 N–H and O–H groups in total. The number of amides is 1. The summed E-state index contributed by atoms with van der Waals surface area (Å²) in [4.78, 5) is 34.0. The molecule has 2 aromatic heterocycles. The van der Waals surface area contributed by atoms with Gasteiger partial charge in [0, 0.05) is 16.8 Å². The van der Waals surface area contributed by atoms with E-state index in [4.69, 9.17) is 16.9 Å². The summed E-state index contributed by atoms with van der Waals surface area (Å²) in [5, 5.41) is 13.6. The van der Waals surface area contributed by atoms with Crippen LogP contribution < -0.4 is 22.3 Å². The number of nitrogens with one attached hydrogen (secondary N) is 2. The van der Waals surface area contributed by atoms with Crippen molar-refractivity contribution in [3.63, 3.8) is 0 Å². The van der Waals surface area contributed by atoms with Crippen LogP contribution in [0.5, 0.6) is 0 Å². The minimum atomic E-state index is -0.596. The van der Waals surface area contributed by atoms with E-state index in [0.717, 1.165) is 22.2 Å². The van der Waals surface area contributed by atoms with Crippen LogP contribution in [-0.4, -0.2) is 26.2 Å². The van der Waals surface area contributed by atoms with E-state index in [1.54, 1.807) is 22.8 Å². The van der Waals surface area contributed by atoms with Gasteiger partial charge < -0.3 is 16.8 Å². The van der Waals surface area contributed by atoms with Crippen LogP contribution in [0.3, 0.4) is 0 Å². The van der Waals surface area contributed by atoms with Gasteiger partial charge >= 0.3 is 0 Å². The molecule has 0 saturated carbocycles. The first-order chi connectivity index (χ1) is 18.8. The third-order valence-electron chi connectivity index (χ3n) is 6.69. The molecule has 9 heteroatoms. The van der Waals surface area contributed by atoms with Crippen LogP contribution in [0.1, 0.15) is 38.3 Å². The fourth-order valence-electron chi connectivity index (χ4n) is 4.72. The number of anilines is 2. The first-order valence-electron chi connectivity index (χ1n) is 12.3. The molecule has 3 aromatic carbocycles. The number of para-hydroxylation sites is 1. The quantitative estimate of drug-likeness (QED) is 0.238. The second-order valence-corrected chi connectivity index (χ2v) is 9.26. The largest absolute Gasteiger partial charge is 0.383 e. The average molecular weight is 518 g/mol. The maximum Gasteiger partial charge on any atom is 0.263 e. The summed E-state index contributed by atoms with van der Waals surface area (Å²) < 4.78 is 1.71. The highest BCUT2D eigenvalue weighted by Crippen LogP contribution is 2.25. The second kappa shape index (κ2) is 10.2. The zero-order valence-corrected chi connectivity index (χ0v) is 21.5. The first-order valence-corrected chi connectivity index (χ1v) is 12.3. The number of pyridine rings is 1. The second-order valence-electron chi connectivity index (χ2n) is 9.26. The van der Waals surface area contributed by atoms with E-state index in [-0.39, 0.29) is 34.8 Å². The molecular formula is C30H27N7O2. The van der Waals surface area contributed by atoms with Gasteiger partial charge in [-0.3, -0.25) is 19.6 Å². The summed E-state index contributed by atoms with van der Waals surface area (Å²) in [5.41, 5.74) is 15.9. The van der Waals surface area contributed by atoms with Gasteiger partial charge in [-0.25, -0.2) is 9.97 Å². The summed E-state index contributed by atoms with van der Waals surface area (Å²) in [6, 6.07) is 21.9. The normalized spacial score (nSPS) is 10.9. The Balaban J connectivity index is 1.60. The lowest BCUT2D eigenvalue weighted by Crippen LogP contribution is -2.25. The molecule has 2 heterocycles. The Kier molecular flexibility index (Phi) is 6.64. The molecule has 0 unspecified atom stereocenters. The minimum absolute atomic E-state index is 0.0316. The maximum absolute atomic E-state index is 13.9. The van der Waals surface area contributed by atoms with Crippen molar-refractivity contribution in [3.05, 3.63) is 123 Å². The highest BCUT2D eigenvalue weighted by molar-refractivity contribution is 6.16. The molecule has 0 radical (unpaired) electrons. The molecule has 0 aliphatic heterocycles. The van der Waals surface area contributed by atoms with Gasteiger partial charge in [0.15, 0.2) is 0 Å². The molecule has 39 heavy (non-hydrogen) atoms. The fraction of sp³-hybridized carbons (Fsp3) is 0.100. The van der Waals surface area contributed by atoms with E-state index in [1.165, 1.54) is 12.4 Å². The van der Waals surface area contributed by atoms with Crippen LogP contribution in [0, 0.1) is 19.3 Å². The van der Waals surface area contributed by atoms with Gasteiger partial charge in [-0.05, 0) is 54.6 Å². The van der Waals surface area contributed by atoms with Crippen molar-refractivity contribution in [2.24, 2.45) is 5.73 Å². The Hall–Kier alpha value is -5.31. The fourth-order valence-corrected chi connectivity index (χ4v) is 4.72. The maximum atomic E-state index is 13.9. The number of nitrogens with zero attached hydrogens (tertiary/aromatic N) is 3. The number of aryl methyl sites for hydroxylation is 2. The summed E-state index contributed by atoms with van der Waals surface area (Å²) in [5.74, 6) is -0.168. The Morgan fingerprint density at radius 2 is 1.67 bits per heavy atom. The van der Waals surface area contributed by atoms with Crippen molar-refractivity contribution in [3.8, 4) is 5.69 Å². The monoisotopic (exact) mass is 517 g/mol. The van der Waals surface area contributed by atoms with Crippen molar-refractivity contribution in [1.29, 1.82) is 5.41 Å². The lowest BCUT2D eigenvalue weighted by atomic mass is 10.0. The molecule has 1 amide bonds. The first kappa shape index (κ1) is 25.3. The molecular weight excluding hydrogens is 490 g/mol. The Labute approximate surface area is 224 Å². The van der Waals surface area contributed by atoms with E-state index in [1.807, 2.05) is 62.4 Å². The van der Waals surface area contributed by atoms with Crippen LogP contribution in [-0.2, 0) is 6.54 Å². The number of fused-ring (bicyclic) bond motifs is 1. The lowest BCUT2D eigenvalue weighted by molar-refractivity contribution is 0.1000. The number of hydrogen-bond donors (Lipinski definition) is 4. The van der Waals surface area contributed by atoms with Crippen molar-refractivity contribution >= 4 is 34.0 Å². The Morgan fingerprint density at radius 3 is 2.44 bits per heavy atom. The number of benzene rings is 3. The molecule has 0 atom stereocenters. The Morgan fingerprint density at radius 1 is 0.949 bits per heavy atom. The molecule has 0 spiro atoms. The van der Waals surface area contributed by atoms with Crippen molar-refractivity contribution in [2.45, 2.75) is 20.4 Å². The van der Waals surface area contributed by atoms with Crippen LogP contribution in [0.25, 0.3) is 16.5 Å². The molecule has 5 aromatic rings. The van der Waals surface area contributed by atoms with Gasteiger partial charge in [0.05, 0.1) is 28.9 Å². The van der Waals surface area contributed by atoms with E-state index in [9.17, 15) is 9.59 Å². The molecule has 5 rings (SSSR count). The predicted octanol–water partition coefficient (Wildman–Crippen LogP) is 4.11. The smallest absolute Gasteiger partial charge is 0.263 e. The van der Waals surface area contributed by atoms with Gasteiger partial charge in [0.1, 0.15) is 18.0 Å². The number of carbonyl (C=O) groups excluding carboxylic acids is 1. The number of aromatic nitrogens is 3. The highest BCUT2D eigenvalue weighted by atomic mass is 16.1. The van der Waals surface area contributed by atoms with Crippen LogP contribution in [0.15, 0.2) is 83.9 Å². The molecule has 0 aliphatic carbocycles. The lowest BCUT2D eigenvalue weighted by Gasteiger charge is -2.19. The third kappa shape index (κ3) is 4.73. The summed E-state index contributed by atoms with van der Waals surface area (Å²) in [6.07, 6.45) is 1.31. The van der Waals surface area contributed by atoms with Crippen LogP contribution in [0.2, 0.25) is 0 Å². The third-order valence-corrected chi connectivity index (χ3v) is 6.69. The van der Waals surface area contributed by atoms with E-state index >= 15 is 0 Å².